The van der Waals surface area contributed by atoms with Gasteiger partial charge in [0.2, 0.25) is 0 Å². The zero-order chi connectivity index (χ0) is 25.7. The van der Waals surface area contributed by atoms with Crippen molar-refractivity contribution in [1.29, 1.82) is 0 Å². The average Bonchev–Trinajstić information content (AvgIpc) is 3.30. The van der Waals surface area contributed by atoms with Crippen LogP contribution in [0.15, 0.2) is 97.5 Å². The van der Waals surface area contributed by atoms with Crippen molar-refractivity contribution in [2.75, 3.05) is 0 Å². The smallest absolute Gasteiger partial charge is 0.142 e. The number of hydrogen-bond acceptors (Lipinski definition) is 3. The Morgan fingerprint density at radius 2 is 1.68 bits per heavy atom. The topological polar surface area (TPSA) is 50.9 Å². The summed E-state index contributed by atoms with van der Waals surface area (Å²) in [6.07, 6.45) is 5.40. The molecule has 0 spiro atoms. The van der Waals surface area contributed by atoms with Crippen LogP contribution in [-0.2, 0) is 12.6 Å². The molecule has 0 bridgehead atoms. The normalized spacial score (nSPS) is 13.2. The summed E-state index contributed by atoms with van der Waals surface area (Å²) < 4.78 is 2.10. The molecule has 0 saturated carbocycles. The second-order valence-corrected chi connectivity index (χ2v) is 10.1. The van der Waals surface area contributed by atoms with E-state index in [1.807, 2.05) is 56.6 Å². The van der Waals surface area contributed by atoms with E-state index in [4.69, 9.17) is 28.2 Å². The number of pyridine rings is 2. The van der Waals surface area contributed by atoms with Gasteiger partial charge in [-0.25, -0.2) is 4.98 Å². The molecule has 0 aliphatic rings. The van der Waals surface area contributed by atoms with E-state index in [1.165, 1.54) is 5.39 Å². The van der Waals surface area contributed by atoms with Crippen molar-refractivity contribution < 1.29 is 5.11 Å². The molecule has 0 saturated heterocycles. The quantitative estimate of drug-likeness (QED) is 0.257. The van der Waals surface area contributed by atoms with Gasteiger partial charge < -0.3 is 9.67 Å². The van der Waals surface area contributed by atoms with Crippen molar-refractivity contribution >= 4 is 45.0 Å². The molecule has 3 aromatic heterocycles. The highest BCUT2D eigenvalue weighted by Gasteiger charge is 2.35. The van der Waals surface area contributed by atoms with Gasteiger partial charge in [-0.15, -0.1) is 0 Å². The summed E-state index contributed by atoms with van der Waals surface area (Å²) in [5.74, 6) is 0. The van der Waals surface area contributed by atoms with Gasteiger partial charge in [0, 0.05) is 52.7 Å². The molecule has 0 radical (unpaired) electrons. The van der Waals surface area contributed by atoms with Gasteiger partial charge in [-0.1, -0.05) is 59.6 Å². The number of aliphatic hydroxyl groups is 1. The monoisotopic (exact) mass is 523 g/mol. The van der Waals surface area contributed by atoms with Crippen LogP contribution in [0.1, 0.15) is 22.3 Å². The van der Waals surface area contributed by atoms with Gasteiger partial charge in [0.15, 0.2) is 0 Å². The second-order valence-electron chi connectivity index (χ2n) is 9.29. The SMILES string of the molecule is Cc1c(-c2ccc3ccn(C)c3c2)nc2ccc(C(O)(c3cccnc3)c3cccc(Cl)c3)cc2c1Cl. The first-order valence-corrected chi connectivity index (χ1v) is 12.7. The maximum Gasteiger partial charge on any atom is 0.142 e. The van der Waals surface area contributed by atoms with Crippen LogP contribution in [0.5, 0.6) is 0 Å². The first-order chi connectivity index (χ1) is 17.9. The van der Waals surface area contributed by atoms with E-state index in [1.54, 1.807) is 30.6 Å². The third kappa shape index (κ3) is 3.89. The zero-order valence-corrected chi connectivity index (χ0v) is 21.8. The Morgan fingerprint density at radius 1 is 0.865 bits per heavy atom. The highest BCUT2D eigenvalue weighted by Crippen LogP contribution is 2.41. The number of aryl methyl sites for hydroxylation is 1. The first kappa shape index (κ1) is 23.7. The van der Waals surface area contributed by atoms with Gasteiger partial charge in [0.25, 0.3) is 0 Å². The lowest BCUT2D eigenvalue weighted by Crippen LogP contribution is -2.29. The highest BCUT2D eigenvalue weighted by atomic mass is 35.5. The van der Waals surface area contributed by atoms with Gasteiger partial charge >= 0.3 is 0 Å². The van der Waals surface area contributed by atoms with Crippen molar-refractivity contribution in [1.82, 2.24) is 14.5 Å². The molecule has 3 aromatic carbocycles. The van der Waals surface area contributed by atoms with Crippen LogP contribution in [0.2, 0.25) is 10.0 Å². The molecule has 1 N–H and O–H groups in total. The van der Waals surface area contributed by atoms with Crippen LogP contribution < -0.4 is 0 Å². The molecule has 6 aromatic rings. The van der Waals surface area contributed by atoms with E-state index in [0.717, 1.165) is 33.2 Å². The largest absolute Gasteiger partial charge is 0.376 e. The van der Waals surface area contributed by atoms with E-state index >= 15 is 0 Å². The highest BCUT2D eigenvalue weighted by molar-refractivity contribution is 6.36. The maximum atomic E-state index is 12.2. The number of hydrogen-bond donors (Lipinski definition) is 1. The molecule has 6 rings (SSSR count). The Labute approximate surface area is 224 Å². The Morgan fingerprint density at radius 3 is 2.46 bits per heavy atom. The minimum Gasteiger partial charge on any atom is -0.376 e. The van der Waals surface area contributed by atoms with Gasteiger partial charge in [0.05, 0.1) is 16.2 Å². The lowest BCUT2D eigenvalue weighted by atomic mass is 9.80. The van der Waals surface area contributed by atoms with Crippen LogP contribution in [0, 0.1) is 6.92 Å². The Hall–Kier alpha value is -3.70. The molecular formula is C31H23Cl2N3O. The number of aromatic nitrogens is 3. The molecule has 6 heteroatoms. The van der Waals surface area contributed by atoms with E-state index in [9.17, 15) is 5.11 Å². The van der Waals surface area contributed by atoms with Crippen molar-refractivity contribution in [2.45, 2.75) is 12.5 Å². The molecule has 0 amide bonds. The maximum absolute atomic E-state index is 12.2. The number of fused-ring (bicyclic) bond motifs is 2. The van der Waals surface area contributed by atoms with E-state index in [-0.39, 0.29) is 0 Å². The summed E-state index contributed by atoms with van der Waals surface area (Å²) in [6, 6.07) is 25.0. The van der Waals surface area contributed by atoms with Crippen LogP contribution in [-0.4, -0.2) is 19.6 Å². The second kappa shape index (κ2) is 9.00. The van der Waals surface area contributed by atoms with Gasteiger partial charge in [0.1, 0.15) is 5.60 Å². The summed E-state index contributed by atoms with van der Waals surface area (Å²) in [7, 11) is 2.03. The fourth-order valence-electron chi connectivity index (χ4n) is 5.03. The molecule has 1 unspecified atom stereocenters. The third-order valence-electron chi connectivity index (χ3n) is 7.05. The first-order valence-electron chi connectivity index (χ1n) is 11.9. The lowest BCUT2D eigenvalue weighted by Gasteiger charge is -2.30. The number of halogens is 2. The third-order valence-corrected chi connectivity index (χ3v) is 7.77. The summed E-state index contributed by atoms with van der Waals surface area (Å²) in [5, 5.41) is 15.3. The van der Waals surface area contributed by atoms with E-state index in [0.29, 0.717) is 26.7 Å². The van der Waals surface area contributed by atoms with Crippen LogP contribution in [0.3, 0.4) is 0 Å². The van der Waals surface area contributed by atoms with Gasteiger partial charge in [-0.3, -0.25) is 4.98 Å². The molecule has 4 nitrogen and oxygen atoms in total. The van der Waals surface area contributed by atoms with Crippen LogP contribution in [0.25, 0.3) is 33.1 Å². The molecule has 0 fully saturated rings. The van der Waals surface area contributed by atoms with Crippen LogP contribution >= 0.6 is 23.2 Å². The van der Waals surface area contributed by atoms with Crippen molar-refractivity contribution in [3.63, 3.8) is 0 Å². The fourth-order valence-corrected chi connectivity index (χ4v) is 5.46. The number of nitrogens with zero attached hydrogens (tertiary/aromatic N) is 3. The molecule has 1 atom stereocenters. The number of rotatable bonds is 4. The summed E-state index contributed by atoms with van der Waals surface area (Å²) in [6.45, 7) is 1.98. The predicted octanol–water partition coefficient (Wildman–Crippen LogP) is 7.69. The Balaban J connectivity index is 1.55. The lowest BCUT2D eigenvalue weighted by molar-refractivity contribution is 0.125. The van der Waals surface area contributed by atoms with E-state index in [2.05, 4.69) is 33.8 Å². The zero-order valence-electron chi connectivity index (χ0n) is 20.3. The fraction of sp³-hybridized carbons (Fsp3) is 0.0968. The Bertz CT molecular complexity index is 1800. The minimum atomic E-state index is -1.49. The molecule has 182 valence electrons. The molecule has 0 aliphatic carbocycles. The molecule has 0 aliphatic heterocycles. The van der Waals surface area contributed by atoms with Gasteiger partial charge in [-0.05, 0) is 71.5 Å². The van der Waals surface area contributed by atoms with Crippen molar-refractivity contribution in [2.24, 2.45) is 7.05 Å². The molecule has 37 heavy (non-hydrogen) atoms. The standard InChI is InChI=1S/C31H23Cl2N3O/c1-19-29(33)26-17-23(31(37,24-6-4-13-34-18-24)22-5-3-7-25(32)16-22)10-11-27(26)35-30(19)21-9-8-20-12-14-36(2)28(20)15-21/h3-18,37H,1-2H3. The minimum absolute atomic E-state index is 0.538. The summed E-state index contributed by atoms with van der Waals surface area (Å²) in [4.78, 5) is 9.25. The van der Waals surface area contributed by atoms with Gasteiger partial charge in [-0.2, -0.15) is 0 Å². The van der Waals surface area contributed by atoms with Crippen molar-refractivity contribution in [3.05, 3.63) is 130 Å². The van der Waals surface area contributed by atoms with Crippen molar-refractivity contribution in [3.8, 4) is 11.3 Å². The summed E-state index contributed by atoms with van der Waals surface area (Å²) in [5.41, 5.74) is 5.04. The molecular weight excluding hydrogens is 501 g/mol. The summed E-state index contributed by atoms with van der Waals surface area (Å²) >= 11 is 13.3. The average molecular weight is 524 g/mol. The van der Waals surface area contributed by atoms with Crippen LogP contribution in [0.4, 0.5) is 0 Å². The predicted molar refractivity (Wildman–Crippen MR) is 151 cm³/mol. The van der Waals surface area contributed by atoms with E-state index < -0.39 is 5.60 Å². The Kier molecular flexibility index (Phi) is 5.76. The number of benzene rings is 3. The molecule has 3 heterocycles.